The second-order valence-electron chi connectivity index (χ2n) is 4.47. The van der Waals surface area contributed by atoms with E-state index in [-0.39, 0.29) is 5.91 Å². The Morgan fingerprint density at radius 1 is 1.68 bits per heavy atom. The number of aliphatic hydroxyl groups excluding tert-OH is 1. The minimum absolute atomic E-state index is 0.276. The molecule has 0 fully saturated rings. The summed E-state index contributed by atoms with van der Waals surface area (Å²) < 4.78 is 4.89. The fourth-order valence-electron chi connectivity index (χ4n) is 1.82. The summed E-state index contributed by atoms with van der Waals surface area (Å²) in [5.74, 6) is 4.84. The highest BCUT2D eigenvalue weighted by Gasteiger charge is 2.14. The highest BCUT2D eigenvalue weighted by Crippen LogP contribution is 2.22. The van der Waals surface area contributed by atoms with Gasteiger partial charge in [0, 0.05) is 25.1 Å². The van der Waals surface area contributed by atoms with Crippen LogP contribution in [0, 0.1) is 6.92 Å². The molecule has 0 aliphatic rings. The van der Waals surface area contributed by atoms with Gasteiger partial charge in [0.05, 0.1) is 17.6 Å². The van der Waals surface area contributed by atoms with Crippen LogP contribution in [0.2, 0.25) is 0 Å². The van der Waals surface area contributed by atoms with Crippen molar-refractivity contribution in [2.45, 2.75) is 19.6 Å². The SMILES string of the molecule is COCC(O)CN(C)Cc1cc(C(=O)NN)sc1C. The first kappa shape index (κ1) is 16.1. The molecule has 0 aliphatic heterocycles. The number of hydrogen-bond donors (Lipinski definition) is 3. The van der Waals surface area contributed by atoms with E-state index in [9.17, 15) is 9.90 Å². The molecule has 0 aliphatic carbocycles. The van der Waals surface area contributed by atoms with Gasteiger partial charge in [0.25, 0.3) is 5.91 Å². The van der Waals surface area contributed by atoms with Gasteiger partial charge in [-0.2, -0.15) is 0 Å². The Morgan fingerprint density at radius 2 is 2.37 bits per heavy atom. The number of rotatable bonds is 7. The fourth-order valence-corrected chi connectivity index (χ4v) is 2.76. The number of hydrazine groups is 1. The second-order valence-corrected chi connectivity index (χ2v) is 5.73. The average molecular weight is 287 g/mol. The van der Waals surface area contributed by atoms with Crippen molar-refractivity contribution < 1.29 is 14.6 Å². The minimum atomic E-state index is -0.513. The van der Waals surface area contributed by atoms with Gasteiger partial charge in [-0.15, -0.1) is 11.3 Å². The number of thiophene rings is 1. The Balaban J connectivity index is 2.61. The van der Waals surface area contributed by atoms with Crippen LogP contribution in [0.25, 0.3) is 0 Å². The smallest absolute Gasteiger partial charge is 0.275 e. The first-order chi connectivity index (χ1) is 8.97. The third-order valence-electron chi connectivity index (χ3n) is 2.70. The van der Waals surface area contributed by atoms with Crippen LogP contribution in [-0.4, -0.2) is 49.3 Å². The number of methoxy groups -OCH3 is 1. The molecule has 6 nitrogen and oxygen atoms in total. The summed E-state index contributed by atoms with van der Waals surface area (Å²) in [5, 5.41) is 9.65. The van der Waals surface area contributed by atoms with E-state index in [1.807, 2.05) is 24.9 Å². The maximum Gasteiger partial charge on any atom is 0.275 e. The van der Waals surface area contributed by atoms with Crippen LogP contribution < -0.4 is 11.3 Å². The number of carbonyl (C=O) groups excluding carboxylic acids is 1. The zero-order chi connectivity index (χ0) is 14.4. The molecule has 0 saturated heterocycles. The highest BCUT2D eigenvalue weighted by molar-refractivity contribution is 7.14. The molecule has 0 radical (unpaired) electrons. The Bertz CT molecular complexity index is 422. The lowest BCUT2D eigenvalue weighted by Crippen LogP contribution is -2.31. The summed E-state index contributed by atoms with van der Waals surface area (Å²) >= 11 is 1.41. The van der Waals surface area contributed by atoms with Gasteiger partial charge in [-0.3, -0.25) is 15.1 Å². The summed E-state index contributed by atoms with van der Waals surface area (Å²) in [6.45, 7) is 3.46. The first-order valence-corrected chi connectivity index (χ1v) is 6.75. The third kappa shape index (κ3) is 4.88. The van der Waals surface area contributed by atoms with E-state index in [4.69, 9.17) is 10.6 Å². The minimum Gasteiger partial charge on any atom is -0.389 e. The maximum atomic E-state index is 11.4. The monoisotopic (exact) mass is 287 g/mol. The van der Waals surface area contributed by atoms with E-state index in [0.717, 1.165) is 10.4 Å². The van der Waals surface area contributed by atoms with Crippen molar-refractivity contribution in [2.75, 3.05) is 27.3 Å². The van der Waals surface area contributed by atoms with Gasteiger partial charge in [-0.1, -0.05) is 0 Å². The summed E-state index contributed by atoms with van der Waals surface area (Å²) in [5.41, 5.74) is 3.19. The molecule has 1 amide bonds. The molecule has 1 unspecified atom stereocenters. The van der Waals surface area contributed by atoms with Crippen LogP contribution in [0.15, 0.2) is 6.07 Å². The fraction of sp³-hybridized carbons (Fsp3) is 0.583. The van der Waals surface area contributed by atoms with Gasteiger partial charge >= 0.3 is 0 Å². The molecule has 1 aromatic rings. The van der Waals surface area contributed by atoms with Crippen LogP contribution in [-0.2, 0) is 11.3 Å². The van der Waals surface area contributed by atoms with Crippen LogP contribution in [0.5, 0.6) is 0 Å². The lowest BCUT2D eigenvalue weighted by Gasteiger charge is -2.19. The van der Waals surface area contributed by atoms with Crippen molar-refractivity contribution in [1.29, 1.82) is 0 Å². The van der Waals surface area contributed by atoms with Crippen molar-refractivity contribution in [3.8, 4) is 0 Å². The maximum absolute atomic E-state index is 11.4. The molecule has 1 heterocycles. The lowest BCUT2D eigenvalue weighted by atomic mass is 10.2. The highest BCUT2D eigenvalue weighted by atomic mass is 32.1. The zero-order valence-electron chi connectivity index (χ0n) is 11.5. The molecule has 0 saturated carbocycles. The van der Waals surface area contributed by atoms with E-state index in [1.165, 1.54) is 11.3 Å². The molecule has 0 aromatic carbocycles. The number of aliphatic hydroxyl groups is 1. The van der Waals surface area contributed by atoms with Gasteiger partial charge in [0.2, 0.25) is 0 Å². The van der Waals surface area contributed by atoms with Crippen LogP contribution in [0.4, 0.5) is 0 Å². The number of amides is 1. The van der Waals surface area contributed by atoms with Gasteiger partial charge in [0.1, 0.15) is 0 Å². The van der Waals surface area contributed by atoms with Gasteiger partial charge < -0.3 is 9.84 Å². The van der Waals surface area contributed by atoms with E-state index in [1.54, 1.807) is 7.11 Å². The van der Waals surface area contributed by atoms with E-state index < -0.39 is 6.10 Å². The predicted molar refractivity (Wildman–Crippen MR) is 74.9 cm³/mol. The lowest BCUT2D eigenvalue weighted by molar-refractivity contribution is 0.0418. The number of aryl methyl sites for hydroxylation is 1. The Hall–Kier alpha value is -0.990. The molecule has 4 N–H and O–H groups in total. The summed E-state index contributed by atoms with van der Waals surface area (Å²) in [6, 6.07) is 1.83. The molecule has 108 valence electrons. The second kappa shape index (κ2) is 7.56. The van der Waals surface area contributed by atoms with Gasteiger partial charge in [-0.05, 0) is 25.6 Å². The van der Waals surface area contributed by atoms with E-state index in [2.05, 4.69) is 5.43 Å². The van der Waals surface area contributed by atoms with E-state index in [0.29, 0.717) is 24.6 Å². The number of likely N-dealkylation sites (N-methyl/N-ethyl adjacent to an activating group) is 1. The number of carbonyl (C=O) groups is 1. The van der Waals surface area contributed by atoms with Crippen molar-refractivity contribution in [3.05, 3.63) is 21.4 Å². The molecule has 1 atom stereocenters. The molecular formula is C12H21N3O3S. The third-order valence-corrected chi connectivity index (χ3v) is 3.79. The Labute approximate surface area is 117 Å². The van der Waals surface area contributed by atoms with Gasteiger partial charge in [0.15, 0.2) is 0 Å². The number of nitrogens with one attached hydrogen (secondary N) is 1. The zero-order valence-corrected chi connectivity index (χ0v) is 12.3. The summed E-state index contributed by atoms with van der Waals surface area (Å²) in [7, 11) is 3.47. The van der Waals surface area contributed by atoms with Crippen molar-refractivity contribution >= 4 is 17.2 Å². The number of nitrogens with zero attached hydrogens (tertiary/aromatic N) is 1. The Kier molecular flexibility index (Phi) is 6.40. The number of nitrogens with two attached hydrogens (primary N) is 1. The molecule has 0 bridgehead atoms. The number of hydrogen-bond acceptors (Lipinski definition) is 6. The largest absolute Gasteiger partial charge is 0.389 e. The van der Waals surface area contributed by atoms with Crippen LogP contribution in [0.1, 0.15) is 20.1 Å². The van der Waals surface area contributed by atoms with Gasteiger partial charge in [-0.25, -0.2) is 5.84 Å². The van der Waals surface area contributed by atoms with E-state index >= 15 is 0 Å². The van der Waals surface area contributed by atoms with Crippen molar-refractivity contribution in [3.63, 3.8) is 0 Å². The average Bonchev–Trinajstić information content (AvgIpc) is 2.70. The standard InChI is InChI=1S/C12H21N3O3S/c1-8-9(4-11(19-8)12(17)14-13)5-15(2)6-10(16)7-18-3/h4,10,16H,5-7,13H2,1-3H3,(H,14,17). The normalized spacial score (nSPS) is 12.7. The molecule has 7 heteroatoms. The quantitative estimate of drug-likeness (QED) is 0.376. The molecule has 1 aromatic heterocycles. The molecule has 1 rings (SSSR count). The molecule has 0 spiro atoms. The topological polar surface area (TPSA) is 87.8 Å². The van der Waals surface area contributed by atoms with Crippen LogP contribution >= 0.6 is 11.3 Å². The summed E-state index contributed by atoms with van der Waals surface area (Å²) in [4.78, 5) is 15.1. The summed E-state index contributed by atoms with van der Waals surface area (Å²) in [6.07, 6.45) is -0.513. The number of nitrogen functional groups attached to an aromatic ring is 1. The first-order valence-electron chi connectivity index (χ1n) is 5.93. The van der Waals surface area contributed by atoms with Crippen LogP contribution in [0.3, 0.4) is 0 Å². The number of ether oxygens (including phenoxy) is 1. The Morgan fingerprint density at radius 3 is 2.95 bits per heavy atom. The molecular weight excluding hydrogens is 266 g/mol. The molecule has 19 heavy (non-hydrogen) atoms. The van der Waals surface area contributed by atoms with Crippen molar-refractivity contribution in [1.82, 2.24) is 10.3 Å². The van der Waals surface area contributed by atoms with Crippen molar-refractivity contribution in [2.24, 2.45) is 5.84 Å². The predicted octanol–water partition coefficient (Wildman–Crippen LogP) is 0.0991.